The third-order valence-electron chi connectivity index (χ3n) is 1.44. The minimum atomic E-state index is -3.27. The van der Waals surface area contributed by atoms with Gasteiger partial charge in [-0.15, -0.1) is 0 Å². The van der Waals surface area contributed by atoms with Crippen LogP contribution in [0.4, 0.5) is 17.1 Å². The maximum Gasteiger partial charge on any atom is 0.281 e. The van der Waals surface area contributed by atoms with Crippen LogP contribution < -0.4 is 5.48 Å². The van der Waals surface area contributed by atoms with E-state index in [1.54, 1.807) is 0 Å². The molecule has 0 spiro atoms. The summed E-state index contributed by atoms with van der Waals surface area (Å²) in [7, 11) is 0. The van der Waals surface area contributed by atoms with Gasteiger partial charge in [0.1, 0.15) is 5.56 Å². The summed E-state index contributed by atoms with van der Waals surface area (Å²) in [5.74, 6) is 0. The summed E-state index contributed by atoms with van der Waals surface area (Å²) in [6.07, 6.45) is 0. The van der Waals surface area contributed by atoms with E-state index in [0.29, 0.717) is 0 Å². The van der Waals surface area contributed by atoms with Gasteiger partial charge in [-0.2, -0.15) is 0 Å². The molecule has 0 unspecified atom stereocenters. The summed E-state index contributed by atoms with van der Waals surface area (Å²) < 4.78 is 36.2. The van der Waals surface area contributed by atoms with Crippen molar-refractivity contribution < 1.29 is 21.9 Å². The van der Waals surface area contributed by atoms with Gasteiger partial charge in [-0.3, -0.25) is 30.9 Å². The Labute approximate surface area is 90.4 Å². The number of rotatable bonds is 3. The van der Waals surface area contributed by atoms with Gasteiger partial charge >= 0.3 is 0 Å². The van der Waals surface area contributed by atoms with E-state index in [0.717, 1.165) is 0 Å². The lowest BCUT2D eigenvalue weighted by Crippen LogP contribution is -2.00. The second-order valence-corrected chi connectivity index (χ2v) is 2.32. The molecular formula is C7H7N3O5. The fourth-order valence-electron chi connectivity index (χ4n) is 0.835. The fraction of sp³-hybridized carbons (Fsp3) is 0.143. The Morgan fingerprint density at radius 1 is 1.40 bits per heavy atom. The molecule has 1 rings (SSSR count). The van der Waals surface area contributed by atoms with Crippen LogP contribution in [0, 0.1) is 27.1 Å². The molecule has 0 aliphatic heterocycles. The molecule has 0 heterocycles. The molecule has 1 aromatic carbocycles. The van der Waals surface area contributed by atoms with E-state index < -0.39 is 51.4 Å². The van der Waals surface area contributed by atoms with Crippen molar-refractivity contribution in [3.05, 3.63) is 37.9 Å². The van der Waals surface area contributed by atoms with Crippen LogP contribution >= 0.6 is 0 Å². The molecule has 8 nitrogen and oxygen atoms in total. The first-order valence-corrected chi connectivity index (χ1v) is 3.40. The van der Waals surface area contributed by atoms with Gasteiger partial charge in [0.2, 0.25) is 0 Å². The molecule has 0 bridgehead atoms. The van der Waals surface area contributed by atoms with Crippen LogP contribution in [0.1, 0.15) is 12.4 Å². The van der Waals surface area contributed by atoms with Crippen molar-refractivity contribution in [3.8, 4) is 0 Å². The molecule has 2 N–H and O–H groups in total. The summed E-state index contributed by atoms with van der Waals surface area (Å²) in [6, 6.07) is -2.25. The van der Waals surface area contributed by atoms with Gasteiger partial charge in [0, 0.05) is 16.2 Å². The summed E-state index contributed by atoms with van der Waals surface area (Å²) >= 11 is 0. The number of nitrogens with zero attached hydrogens (tertiary/aromatic N) is 2. The normalized spacial score (nSPS) is 15.4. The number of nitrogens with one attached hydrogen (secondary N) is 1. The smallest absolute Gasteiger partial charge is 0.281 e. The molecule has 15 heavy (non-hydrogen) atoms. The fourth-order valence-corrected chi connectivity index (χ4v) is 0.835. The van der Waals surface area contributed by atoms with Crippen LogP contribution in [-0.4, -0.2) is 15.1 Å². The summed E-state index contributed by atoms with van der Waals surface area (Å²) in [4.78, 5) is 19.2. The van der Waals surface area contributed by atoms with E-state index in [1.165, 1.54) is 5.48 Å². The number of anilines is 1. The Kier molecular flexibility index (Phi) is 1.45. The average Bonchev–Trinajstić information content (AvgIpc) is 2.26. The van der Waals surface area contributed by atoms with Crippen LogP contribution in [-0.2, 0) is 0 Å². The molecular weight excluding hydrogens is 206 g/mol. The zero-order valence-corrected chi connectivity index (χ0v) is 6.97. The van der Waals surface area contributed by atoms with Gasteiger partial charge in [0.25, 0.3) is 11.4 Å². The molecule has 0 saturated heterocycles. The molecule has 8 heteroatoms. The van der Waals surface area contributed by atoms with Crippen molar-refractivity contribution in [2.75, 3.05) is 5.48 Å². The van der Waals surface area contributed by atoms with E-state index in [4.69, 9.17) is 12.1 Å². The predicted octanol–water partition coefficient (Wildman–Crippen LogP) is 1.61. The highest BCUT2D eigenvalue weighted by Gasteiger charge is 2.22. The molecule has 0 saturated carbocycles. The lowest BCUT2D eigenvalue weighted by atomic mass is 10.1. The van der Waals surface area contributed by atoms with Gasteiger partial charge in [-0.25, -0.2) is 0 Å². The number of nitro benzene ring substituents is 2. The first-order valence-electron chi connectivity index (χ1n) is 5.90. The zero-order valence-electron chi connectivity index (χ0n) is 12.0. The number of nitro groups is 2. The van der Waals surface area contributed by atoms with E-state index >= 15 is 0 Å². The van der Waals surface area contributed by atoms with Crippen LogP contribution in [0.5, 0.6) is 0 Å². The summed E-state index contributed by atoms with van der Waals surface area (Å²) in [5.41, 5.74) is -3.69. The van der Waals surface area contributed by atoms with E-state index in [1.807, 2.05) is 0 Å². The van der Waals surface area contributed by atoms with Crippen molar-refractivity contribution in [1.82, 2.24) is 0 Å². The van der Waals surface area contributed by atoms with Gasteiger partial charge < -0.3 is 0 Å². The standard InChI is InChI=1S/C7H7N3O5/c1-4-6(9(12)13)2-5(8-11)3-7(4)10(14)15/h2-3,8,11H,1H3/i1D3,2D,3D. The second kappa shape index (κ2) is 3.88. The van der Waals surface area contributed by atoms with Crippen molar-refractivity contribution in [1.29, 1.82) is 0 Å². The third-order valence-corrected chi connectivity index (χ3v) is 1.44. The Balaban J connectivity index is 4.06. The first kappa shape index (κ1) is 5.61. The lowest BCUT2D eigenvalue weighted by Gasteiger charge is -2.02. The summed E-state index contributed by atoms with van der Waals surface area (Å²) in [5, 5.41) is 30.5. The number of benzene rings is 1. The van der Waals surface area contributed by atoms with Gasteiger partial charge in [-0.1, -0.05) is 0 Å². The molecule has 0 atom stereocenters. The van der Waals surface area contributed by atoms with E-state index in [-0.39, 0.29) is 0 Å². The highest BCUT2D eigenvalue weighted by atomic mass is 16.6. The van der Waals surface area contributed by atoms with E-state index in [2.05, 4.69) is 0 Å². The van der Waals surface area contributed by atoms with Gasteiger partial charge in [0.05, 0.1) is 18.3 Å². The number of hydrogen-bond donors (Lipinski definition) is 2. The predicted molar refractivity (Wildman–Crippen MR) is 49.9 cm³/mol. The molecule has 0 fully saturated rings. The Bertz CT molecular complexity index is 560. The van der Waals surface area contributed by atoms with Crippen molar-refractivity contribution in [2.24, 2.45) is 0 Å². The minimum Gasteiger partial charge on any atom is -0.291 e. The van der Waals surface area contributed by atoms with Crippen molar-refractivity contribution in [3.63, 3.8) is 0 Å². The van der Waals surface area contributed by atoms with Crippen LogP contribution in [0.15, 0.2) is 12.1 Å². The molecule has 0 aromatic heterocycles. The molecule has 0 aliphatic carbocycles. The monoisotopic (exact) mass is 218 g/mol. The topological polar surface area (TPSA) is 119 Å². The van der Waals surface area contributed by atoms with Crippen molar-refractivity contribution in [2.45, 2.75) is 6.85 Å². The molecule has 0 radical (unpaired) electrons. The Morgan fingerprint density at radius 2 is 1.87 bits per heavy atom. The van der Waals surface area contributed by atoms with Gasteiger partial charge in [0.15, 0.2) is 0 Å². The van der Waals surface area contributed by atoms with E-state index in [9.17, 15) is 20.2 Å². The maximum absolute atomic E-state index is 10.9. The average molecular weight is 218 g/mol. The van der Waals surface area contributed by atoms with Crippen molar-refractivity contribution >= 4 is 17.1 Å². The first-order chi connectivity index (χ1) is 9.03. The van der Waals surface area contributed by atoms with Gasteiger partial charge in [-0.05, 0) is 6.85 Å². The largest absolute Gasteiger partial charge is 0.291 e. The second-order valence-electron chi connectivity index (χ2n) is 2.32. The highest BCUT2D eigenvalue weighted by Crippen LogP contribution is 2.31. The highest BCUT2D eigenvalue weighted by molar-refractivity contribution is 5.63. The van der Waals surface area contributed by atoms with Crippen LogP contribution in [0.25, 0.3) is 0 Å². The third kappa shape index (κ3) is 1.99. The molecule has 1 aromatic rings. The minimum absolute atomic E-state index is 0.920. The lowest BCUT2D eigenvalue weighted by molar-refractivity contribution is -0.395. The quantitative estimate of drug-likeness (QED) is 0.587. The van der Waals surface area contributed by atoms with Crippen LogP contribution in [0.2, 0.25) is 0 Å². The zero-order chi connectivity index (χ0) is 15.8. The molecule has 0 amide bonds. The molecule has 0 aliphatic rings. The number of hydrogen-bond acceptors (Lipinski definition) is 6. The van der Waals surface area contributed by atoms with Crippen LogP contribution in [0.3, 0.4) is 0 Å². The molecule has 80 valence electrons. The maximum atomic E-state index is 10.9. The SMILES string of the molecule is [2H]c1c(NO)c([2H])c([N+](=O)[O-])c(C([2H])([2H])[2H])c1[N+](=O)[O-]. The Morgan fingerprint density at radius 3 is 2.13 bits per heavy atom. The summed E-state index contributed by atoms with van der Waals surface area (Å²) in [6.45, 7) is -3.27. The Hall–Kier alpha value is -2.22.